The van der Waals surface area contributed by atoms with Crippen LogP contribution in [0.4, 0.5) is 5.69 Å². The summed E-state index contributed by atoms with van der Waals surface area (Å²) in [6, 6.07) is 22.8. The molecule has 0 radical (unpaired) electrons. The van der Waals surface area contributed by atoms with Gasteiger partial charge in [0.25, 0.3) is 11.8 Å². The molecule has 0 aliphatic carbocycles. The Balaban J connectivity index is 1.80. The number of aryl methyl sites for hydroxylation is 2. The van der Waals surface area contributed by atoms with Crippen LogP contribution >= 0.6 is 0 Å². The van der Waals surface area contributed by atoms with Gasteiger partial charge in [0.1, 0.15) is 11.4 Å². The van der Waals surface area contributed by atoms with Gasteiger partial charge in [0, 0.05) is 0 Å². The molecule has 3 aromatic rings. The molecule has 0 spiro atoms. The molecule has 0 fully saturated rings. The predicted molar refractivity (Wildman–Crippen MR) is 126 cm³/mol. The second-order valence-electron chi connectivity index (χ2n) is 7.80. The lowest BCUT2D eigenvalue weighted by Gasteiger charge is -2.16. The minimum atomic E-state index is -0.347. The Hall–Kier alpha value is -3.86. The summed E-state index contributed by atoms with van der Waals surface area (Å²) in [5.74, 6) is -0.0217. The van der Waals surface area contributed by atoms with Gasteiger partial charge < -0.3 is 10.1 Å². The Morgan fingerprint density at radius 2 is 1.59 bits per heavy atom. The number of ether oxygens (including phenoxy) is 1. The highest BCUT2D eigenvalue weighted by Crippen LogP contribution is 2.35. The highest BCUT2D eigenvalue weighted by atomic mass is 16.5. The van der Waals surface area contributed by atoms with Crippen molar-refractivity contribution in [3.05, 3.63) is 101 Å². The fraction of sp³-hybridized carbons (Fsp3) is 0.185. The number of hydrogen-bond donors (Lipinski definition) is 1. The van der Waals surface area contributed by atoms with Crippen molar-refractivity contribution in [3.8, 4) is 5.75 Å². The van der Waals surface area contributed by atoms with Crippen molar-refractivity contribution in [1.29, 1.82) is 0 Å². The largest absolute Gasteiger partial charge is 0.492 e. The molecule has 0 unspecified atom stereocenters. The number of nitrogens with one attached hydrogen (secondary N) is 1. The maximum absolute atomic E-state index is 13.5. The van der Waals surface area contributed by atoms with Crippen molar-refractivity contribution < 1.29 is 14.3 Å². The maximum Gasteiger partial charge on any atom is 0.278 e. The van der Waals surface area contributed by atoms with Crippen LogP contribution in [0.3, 0.4) is 0 Å². The standard InChI is InChI=1S/C27H26N2O3/c1-4-32-23-13-9-8-12-22(23)28-25-24(21-15-14-18(2)16-19(21)3)26(30)29(27(25)31)17-20-10-6-5-7-11-20/h5-16,28H,4,17H2,1-3H3. The van der Waals surface area contributed by atoms with E-state index < -0.39 is 0 Å². The summed E-state index contributed by atoms with van der Waals surface area (Å²) < 4.78 is 5.72. The molecular weight excluding hydrogens is 400 g/mol. The Bertz CT molecular complexity index is 1200. The lowest BCUT2D eigenvalue weighted by molar-refractivity contribution is -0.137. The topological polar surface area (TPSA) is 58.6 Å². The van der Waals surface area contributed by atoms with Gasteiger partial charge in [-0.25, -0.2) is 0 Å². The number of hydrogen-bond acceptors (Lipinski definition) is 4. The number of benzene rings is 3. The summed E-state index contributed by atoms with van der Waals surface area (Å²) in [4.78, 5) is 28.3. The first-order valence-electron chi connectivity index (χ1n) is 10.7. The maximum atomic E-state index is 13.5. The van der Waals surface area contributed by atoms with E-state index in [0.29, 0.717) is 23.6 Å². The molecule has 0 atom stereocenters. The van der Waals surface area contributed by atoms with Crippen molar-refractivity contribution in [3.63, 3.8) is 0 Å². The average molecular weight is 427 g/mol. The lowest BCUT2D eigenvalue weighted by atomic mass is 9.97. The number of para-hydroxylation sites is 2. The number of nitrogens with zero attached hydrogens (tertiary/aromatic N) is 1. The predicted octanol–water partition coefficient (Wildman–Crippen LogP) is 5.09. The van der Waals surface area contributed by atoms with Crippen LogP contribution in [0.15, 0.2) is 78.5 Å². The molecule has 0 aromatic heterocycles. The van der Waals surface area contributed by atoms with Crippen molar-refractivity contribution in [2.45, 2.75) is 27.3 Å². The summed E-state index contributed by atoms with van der Waals surface area (Å²) in [5.41, 5.74) is 4.99. The second-order valence-corrected chi connectivity index (χ2v) is 7.80. The van der Waals surface area contributed by atoms with E-state index in [-0.39, 0.29) is 24.1 Å². The van der Waals surface area contributed by atoms with Crippen molar-refractivity contribution in [2.24, 2.45) is 0 Å². The Morgan fingerprint density at radius 3 is 2.31 bits per heavy atom. The second kappa shape index (κ2) is 9.10. The molecule has 162 valence electrons. The third-order valence-corrected chi connectivity index (χ3v) is 5.45. The van der Waals surface area contributed by atoms with Gasteiger partial charge in [-0.15, -0.1) is 0 Å². The molecule has 1 aliphatic rings. The van der Waals surface area contributed by atoms with E-state index in [1.165, 1.54) is 4.90 Å². The van der Waals surface area contributed by atoms with Gasteiger partial charge in [-0.2, -0.15) is 0 Å². The zero-order valence-electron chi connectivity index (χ0n) is 18.5. The van der Waals surface area contributed by atoms with Crippen molar-refractivity contribution in [2.75, 3.05) is 11.9 Å². The Kier molecular flexibility index (Phi) is 6.08. The molecule has 4 rings (SSSR count). The normalized spacial score (nSPS) is 13.7. The van der Waals surface area contributed by atoms with Gasteiger partial charge in [-0.05, 0) is 49.6 Å². The Morgan fingerprint density at radius 1 is 0.875 bits per heavy atom. The summed E-state index contributed by atoms with van der Waals surface area (Å²) >= 11 is 0. The molecule has 5 heteroatoms. The number of carbonyl (C=O) groups is 2. The van der Waals surface area contributed by atoms with Crippen LogP contribution in [-0.2, 0) is 16.1 Å². The zero-order valence-corrected chi connectivity index (χ0v) is 18.5. The molecule has 0 saturated carbocycles. The van der Waals surface area contributed by atoms with Gasteiger partial charge in [0.15, 0.2) is 0 Å². The number of amides is 2. The molecule has 0 bridgehead atoms. The number of rotatable bonds is 7. The average Bonchev–Trinajstić information content (AvgIpc) is 3.00. The van der Waals surface area contributed by atoms with Gasteiger partial charge in [0.05, 0.1) is 24.4 Å². The molecule has 2 amide bonds. The van der Waals surface area contributed by atoms with Crippen LogP contribution in [0.2, 0.25) is 0 Å². The van der Waals surface area contributed by atoms with Crippen LogP contribution < -0.4 is 10.1 Å². The number of imide groups is 1. The molecule has 3 aromatic carbocycles. The van der Waals surface area contributed by atoms with E-state index in [9.17, 15) is 9.59 Å². The first kappa shape index (κ1) is 21.4. The number of anilines is 1. The molecular formula is C27H26N2O3. The summed E-state index contributed by atoms with van der Waals surface area (Å²) in [7, 11) is 0. The van der Waals surface area contributed by atoms with E-state index in [1.54, 1.807) is 0 Å². The van der Waals surface area contributed by atoms with Gasteiger partial charge in [-0.3, -0.25) is 14.5 Å². The monoisotopic (exact) mass is 426 g/mol. The van der Waals surface area contributed by atoms with E-state index in [1.807, 2.05) is 93.6 Å². The van der Waals surface area contributed by atoms with Crippen LogP contribution in [0.25, 0.3) is 5.57 Å². The zero-order chi connectivity index (χ0) is 22.7. The fourth-order valence-electron chi connectivity index (χ4n) is 3.93. The molecule has 1 N–H and O–H groups in total. The van der Waals surface area contributed by atoms with E-state index >= 15 is 0 Å². The SMILES string of the molecule is CCOc1ccccc1NC1=C(c2ccc(C)cc2C)C(=O)N(Cc2ccccc2)C1=O. The van der Waals surface area contributed by atoms with E-state index in [0.717, 1.165) is 22.3 Å². The third kappa shape index (κ3) is 4.14. The first-order valence-corrected chi connectivity index (χ1v) is 10.7. The highest BCUT2D eigenvalue weighted by Gasteiger charge is 2.40. The molecule has 0 saturated heterocycles. The van der Waals surface area contributed by atoms with Gasteiger partial charge >= 0.3 is 0 Å². The summed E-state index contributed by atoms with van der Waals surface area (Å²) in [5, 5.41) is 3.22. The van der Waals surface area contributed by atoms with Crippen molar-refractivity contribution >= 4 is 23.1 Å². The van der Waals surface area contributed by atoms with Gasteiger partial charge in [-0.1, -0.05) is 66.2 Å². The van der Waals surface area contributed by atoms with E-state index in [4.69, 9.17) is 4.74 Å². The smallest absolute Gasteiger partial charge is 0.278 e. The molecule has 1 aliphatic heterocycles. The fourth-order valence-corrected chi connectivity index (χ4v) is 3.93. The van der Waals surface area contributed by atoms with Crippen LogP contribution in [0.1, 0.15) is 29.2 Å². The number of carbonyl (C=O) groups excluding carboxylic acids is 2. The van der Waals surface area contributed by atoms with Crippen LogP contribution in [0.5, 0.6) is 5.75 Å². The minimum absolute atomic E-state index is 0.213. The minimum Gasteiger partial charge on any atom is -0.492 e. The summed E-state index contributed by atoms with van der Waals surface area (Å²) in [6.07, 6.45) is 0. The van der Waals surface area contributed by atoms with Crippen LogP contribution in [0, 0.1) is 13.8 Å². The van der Waals surface area contributed by atoms with Crippen molar-refractivity contribution in [1.82, 2.24) is 4.90 Å². The molecule has 32 heavy (non-hydrogen) atoms. The summed E-state index contributed by atoms with van der Waals surface area (Å²) in [6.45, 7) is 6.58. The molecule has 1 heterocycles. The van der Waals surface area contributed by atoms with Gasteiger partial charge in [0.2, 0.25) is 0 Å². The highest BCUT2D eigenvalue weighted by molar-refractivity contribution is 6.36. The first-order chi connectivity index (χ1) is 15.5. The Labute approximate surface area is 188 Å². The van der Waals surface area contributed by atoms with E-state index in [2.05, 4.69) is 5.32 Å². The quantitative estimate of drug-likeness (QED) is 0.535. The third-order valence-electron chi connectivity index (χ3n) is 5.45. The van der Waals surface area contributed by atoms with Crippen LogP contribution in [-0.4, -0.2) is 23.3 Å². The molecule has 5 nitrogen and oxygen atoms in total. The lowest BCUT2D eigenvalue weighted by Crippen LogP contribution is -2.32.